The Labute approximate surface area is 151 Å². The molecule has 1 aromatic carbocycles. The summed E-state index contributed by atoms with van der Waals surface area (Å²) in [5.74, 6) is -1.04. The number of rotatable bonds is 4. The average Bonchev–Trinajstić information content (AvgIpc) is 2.92. The maximum absolute atomic E-state index is 12.5. The summed E-state index contributed by atoms with van der Waals surface area (Å²) in [5.41, 5.74) is 2.90. The molecule has 0 saturated heterocycles. The molecule has 0 bridgehead atoms. The van der Waals surface area contributed by atoms with E-state index in [9.17, 15) is 14.7 Å². The Balaban J connectivity index is 1.94. The summed E-state index contributed by atoms with van der Waals surface area (Å²) in [7, 11) is 0. The maximum Gasteiger partial charge on any atom is 0.339 e. The molecule has 0 unspecified atom stereocenters. The molecule has 1 heterocycles. The highest BCUT2D eigenvalue weighted by molar-refractivity contribution is 7.17. The second-order valence-electron chi connectivity index (χ2n) is 6.73. The summed E-state index contributed by atoms with van der Waals surface area (Å²) < 4.78 is 0. The molecule has 0 atom stereocenters. The number of carbonyl (C=O) groups is 2. The minimum absolute atomic E-state index is 0.000580. The molecule has 1 fully saturated rings. The molecule has 5 heteroatoms. The van der Waals surface area contributed by atoms with Gasteiger partial charge in [-0.2, -0.15) is 0 Å². The van der Waals surface area contributed by atoms with Gasteiger partial charge in [0.05, 0.1) is 0 Å². The molecule has 0 radical (unpaired) electrons. The van der Waals surface area contributed by atoms with Crippen LogP contribution in [0.5, 0.6) is 0 Å². The lowest BCUT2D eigenvalue weighted by atomic mass is 9.88. The first-order valence-electron chi connectivity index (χ1n) is 8.72. The molecule has 0 spiro atoms. The standard InChI is InChI=1S/C20H23NO3S/c1-12-8-10-14(11-9-12)16-13(2)25-19(17(16)20(23)24)21-18(22)15-6-4-3-5-7-15/h8-11,15H,3-7H2,1-2H3,(H,21,22)(H,23,24). The number of carbonyl (C=O) groups excluding carboxylic acids is 1. The van der Waals surface area contributed by atoms with Gasteiger partial charge < -0.3 is 10.4 Å². The van der Waals surface area contributed by atoms with Gasteiger partial charge in [-0.25, -0.2) is 4.79 Å². The fourth-order valence-corrected chi connectivity index (χ4v) is 4.55. The Morgan fingerprint density at radius 1 is 1.08 bits per heavy atom. The molecule has 1 amide bonds. The zero-order valence-electron chi connectivity index (χ0n) is 14.6. The van der Waals surface area contributed by atoms with E-state index < -0.39 is 5.97 Å². The largest absolute Gasteiger partial charge is 0.478 e. The lowest BCUT2D eigenvalue weighted by Gasteiger charge is -2.20. The number of aromatic carboxylic acids is 1. The molecule has 2 N–H and O–H groups in total. The number of amides is 1. The van der Waals surface area contributed by atoms with Crippen molar-refractivity contribution >= 4 is 28.2 Å². The SMILES string of the molecule is Cc1ccc(-c2c(C)sc(NC(=O)C3CCCCC3)c2C(=O)O)cc1. The van der Waals surface area contributed by atoms with E-state index in [0.717, 1.165) is 41.7 Å². The van der Waals surface area contributed by atoms with Gasteiger partial charge in [0.2, 0.25) is 5.91 Å². The molecular formula is C20H23NO3S. The van der Waals surface area contributed by atoms with Crippen molar-refractivity contribution in [2.45, 2.75) is 46.0 Å². The Kier molecular flexibility index (Phi) is 5.23. The number of aryl methyl sites for hydroxylation is 2. The molecule has 2 aromatic rings. The predicted molar refractivity (Wildman–Crippen MR) is 101 cm³/mol. The van der Waals surface area contributed by atoms with Gasteiger partial charge in [-0.05, 0) is 32.3 Å². The van der Waals surface area contributed by atoms with E-state index >= 15 is 0 Å². The molecule has 1 aromatic heterocycles. The van der Waals surface area contributed by atoms with E-state index in [1.54, 1.807) is 0 Å². The number of thiophene rings is 1. The van der Waals surface area contributed by atoms with Crippen LogP contribution in [0.25, 0.3) is 11.1 Å². The van der Waals surface area contributed by atoms with Gasteiger partial charge >= 0.3 is 5.97 Å². The van der Waals surface area contributed by atoms with Crippen LogP contribution in [0.3, 0.4) is 0 Å². The second-order valence-corrected chi connectivity index (χ2v) is 7.96. The fourth-order valence-electron chi connectivity index (χ4n) is 3.48. The summed E-state index contributed by atoms with van der Waals surface area (Å²) in [5, 5.41) is 13.1. The van der Waals surface area contributed by atoms with Crippen molar-refractivity contribution in [1.29, 1.82) is 0 Å². The summed E-state index contributed by atoms with van der Waals surface area (Å²) in [6.07, 6.45) is 5.11. The fraction of sp³-hybridized carbons (Fsp3) is 0.400. The first-order chi connectivity index (χ1) is 12.0. The minimum atomic E-state index is -1.00. The lowest BCUT2D eigenvalue weighted by molar-refractivity contribution is -0.120. The van der Waals surface area contributed by atoms with E-state index in [0.29, 0.717) is 10.6 Å². The molecule has 3 rings (SSSR count). The van der Waals surface area contributed by atoms with Crippen molar-refractivity contribution in [3.05, 3.63) is 40.3 Å². The highest BCUT2D eigenvalue weighted by atomic mass is 32.1. The lowest BCUT2D eigenvalue weighted by Crippen LogP contribution is -2.25. The van der Waals surface area contributed by atoms with Gasteiger partial charge in [-0.15, -0.1) is 11.3 Å². The summed E-state index contributed by atoms with van der Waals surface area (Å²) in [6, 6.07) is 7.81. The molecular weight excluding hydrogens is 334 g/mol. The van der Waals surface area contributed by atoms with Gasteiger partial charge in [0.25, 0.3) is 0 Å². The van der Waals surface area contributed by atoms with Crippen molar-refractivity contribution in [1.82, 2.24) is 0 Å². The van der Waals surface area contributed by atoms with Crippen LogP contribution in [0, 0.1) is 19.8 Å². The molecule has 1 aliphatic rings. The number of carboxylic acids is 1. The van der Waals surface area contributed by atoms with Gasteiger partial charge in [0, 0.05) is 16.4 Å². The van der Waals surface area contributed by atoms with Crippen molar-refractivity contribution < 1.29 is 14.7 Å². The summed E-state index contributed by atoms with van der Waals surface area (Å²) in [4.78, 5) is 25.4. The van der Waals surface area contributed by atoms with E-state index in [4.69, 9.17) is 0 Å². The Hall–Kier alpha value is -2.14. The third-order valence-corrected chi connectivity index (χ3v) is 5.87. The highest BCUT2D eigenvalue weighted by Gasteiger charge is 2.27. The highest BCUT2D eigenvalue weighted by Crippen LogP contribution is 2.40. The topological polar surface area (TPSA) is 66.4 Å². The number of hydrogen-bond donors (Lipinski definition) is 2. The average molecular weight is 357 g/mol. The van der Waals surface area contributed by atoms with Crippen LogP contribution in [0.1, 0.15) is 52.9 Å². The summed E-state index contributed by atoms with van der Waals surface area (Å²) in [6.45, 7) is 3.90. The smallest absolute Gasteiger partial charge is 0.339 e. The van der Waals surface area contributed by atoms with Gasteiger partial charge in [0.15, 0.2) is 0 Å². The Morgan fingerprint density at radius 3 is 2.32 bits per heavy atom. The number of nitrogens with one attached hydrogen (secondary N) is 1. The predicted octanol–water partition coefficient (Wildman–Crippen LogP) is 5.25. The minimum Gasteiger partial charge on any atom is -0.478 e. The summed E-state index contributed by atoms with van der Waals surface area (Å²) >= 11 is 1.35. The van der Waals surface area contributed by atoms with Crippen molar-refractivity contribution in [2.24, 2.45) is 5.92 Å². The van der Waals surface area contributed by atoms with Gasteiger partial charge in [-0.3, -0.25) is 4.79 Å². The van der Waals surface area contributed by atoms with Crippen LogP contribution in [0.4, 0.5) is 5.00 Å². The van der Waals surface area contributed by atoms with Crippen LogP contribution >= 0.6 is 11.3 Å². The Bertz CT molecular complexity index is 786. The van der Waals surface area contributed by atoms with E-state index in [2.05, 4.69) is 5.32 Å². The quantitative estimate of drug-likeness (QED) is 0.785. The second kappa shape index (κ2) is 7.40. The Morgan fingerprint density at radius 2 is 1.72 bits per heavy atom. The molecule has 4 nitrogen and oxygen atoms in total. The normalized spacial score (nSPS) is 15.1. The number of carboxylic acid groups (broad SMARTS) is 1. The first kappa shape index (κ1) is 17.7. The van der Waals surface area contributed by atoms with Crippen LogP contribution in [-0.4, -0.2) is 17.0 Å². The van der Waals surface area contributed by atoms with Crippen molar-refractivity contribution in [2.75, 3.05) is 5.32 Å². The third-order valence-electron chi connectivity index (χ3n) is 4.85. The number of hydrogen-bond acceptors (Lipinski definition) is 3. The number of benzene rings is 1. The first-order valence-corrected chi connectivity index (χ1v) is 9.53. The van der Waals surface area contributed by atoms with E-state index in [-0.39, 0.29) is 17.4 Å². The maximum atomic E-state index is 12.5. The van der Waals surface area contributed by atoms with Crippen LogP contribution in [0.2, 0.25) is 0 Å². The van der Waals surface area contributed by atoms with Gasteiger partial charge in [-0.1, -0.05) is 49.1 Å². The molecule has 0 aliphatic heterocycles. The van der Waals surface area contributed by atoms with E-state index in [1.807, 2.05) is 38.1 Å². The van der Waals surface area contributed by atoms with Crippen molar-refractivity contribution in [3.8, 4) is 11.1 Å². The molecule has 1 aliphatic carbocycles. The van der Waals surface area contributed by atoms with E-state index in [1.165, 1.54) is 17.8 Å². The van der Waals surface area contributed by atoms with Crippen LogP contribution < -0.4 is 5.32 Å². The zero-order valence-corrected chi connectivity index (χ0v) is 15.4. The van der Waals surface area contributed by atoms with Crippen LogP contribution in [0.15, 0.2) is 24.3 Å². The number of anilines is 1. The van der Waals surface area contributed by atoms with Crippen molar-refractivity contribution in [3.63, 3.8) is 0 Å². The molecule has 25 heavy (non-hydrogen) atoms. The monoisotopic (exact) mass is 357 g/mol. The molecule has 1 saturated carbocycles. The zero-order chi connectivity index (χ0) is 18.0. The van der Waals surface area contributed by atoms with Gasteiger partial charge in [0.1, 0.15) is 10.6 Å². The third kappa shape index (κ3) is 3.76. The van der Waals surface area contributed by atoms with Crippen LogP contribution in [-0.2, 0) is 4.79 Å². The molecule has 132 valence electrons.